The van der Waals surface area contributed by atoms with Gasteiger partial charge in [-0.3, -0.25) is 9.59 Å². The number of rotatable bonds is 7. The number of benzene rings is 2. The Kier molecular flexibility index (Phi) is 8.12. The molecule has 3 N–H and O–H groups in total. The molecular formula is C20H16ClF3N2O4S. The number of anilines is 2. The highest BCUT2D eigenvalue weighted by Crippen LogP contribution is 2.37. The molecule has 0 spiro atoms. The average molecular weight is 473 g/mol. The van der Waals surface area contributed by atoms with Gasteiger partial charge in [-0.05, 0) is 49.4 Å². The fourth-order valence-electron chi connectivity index (χ4n) is 2.30. The van der Waals surface area contributed by atoms with Gasteiger partial charge in [0, 0.05) is 27.8 Å². The van der Waals surface area contributed by atoms with Crippen molar-refractivity contribution in [3.8, 4) is 0 Å². The Morgan fingerprint density at radius 3 is 2.29 bits per heavy atom. The second-order valence-electron chi connectivity index (χ2n) is 6.12. The summed E-state index contributed by atoms with van der Waals surface area (Å²) in [7, 11) is 0. The number of alkyl halides is 3. The molecule has 0 aromatic heterocycles. The van der Waals surface area contributed by atoms with Crippen LogP contribution in [0.15, 0.2) is 59.5 Å². The Balaban J connectivity index is 2.01. The van der Waals surface area contributed by atoms with Crippen LogP contribution in [0, 0.1) is 0 Å². The second-order valence-corrected chi connectivity index (χ2v) is 7.97. The third-order valence-electron chi connectivity index (χ3n) is 3.73. The van der Waals surface area contributed by atoms with Crippen LogP contribution in [0.1, 0.15) is 12.5 Å². The molecule has 2 aromatic carbocycles. The number of carboxylic acid groups (broad SMARTS) is 1. The fraction of sp³-hybridized carbons (Fsp3) is 0.150. The monoisotopic (exact) mass is 472 g/mol. The zero-order valence-electron chi connectivity index (χ0n) is 15.9. The van der Waals surface area contributed by atoms with Crippen molar-refractivity contribution < 1.29 is 32.7 Å². The van der Waals surface area contributed by atoms with Crippen LogP contribution in [-0.4, -0.2) is 28.1 Å². The summed E-state index contributed by atoms with van der Waals surface area (Å²) >= 11 is 6.74. The van der Waals surface area contributed by atoms with Crippen molar-refractivity contribution in [2.75, 3.05) is 10.6 Å². The lowest BCUT2D eigenvalue weighted by Gasteiger charge is -2.16. The molecule has 31 heavy (non-hydrogen) atoms. The molecule has 0 saturated heterocycles. The lowest BCUT2D eigenvalue weighted by Crippen LogP contribution is -2.24. The van der Waals surface area contributed by atoms with Gasteiger partial charge >= 0.3 is 12.1 Å². The highest BCUT2D eigenvalue weighted by atomic mass is 35.5. The fourth-order valence-corrected chi connectivity index (χ4v) is 3.34. The molecule has 1 atom stereocenters. The van der Waals surface area contributed by atoms with E-state index in [1.807, 2.05) is 0 Å². The molecule has 0 bridgehead atoms. The number of halogens is 4. The molecule has 0 saturated carbocycles. The van der Waals surface area contributed by atoms with E-state index in [-0.39, 0.29) is 10.7 Å². The molecule has 0 heterocycles. The lowest BCUT2D eigenvalue weighted by atomic mass is 10.1. The van der Waals surface area contributed by atoms with Crippen molar-refractivity contribution in [3.05, 3.63) is 65.2 Å². The van der Waals surface area contributed by atoms with Gasteiger partial charge in [-0.1, -0.05) is 11.6 Å². The predicted molar refractivity (Wildman–Crippen MR) is 112 cm³/mol. The van der Waals surface area contributed by atoms with E-state index in [9.17, 15) is 27.6 Å². The Morgan fingerprint density at radius 2 is 1.71 bits per heavy atom. The summed E-state index contributed by atoms with van der Waals surface area (Å²) in [4.78, 5) is 35.0. The van der Waals surface area contributed by atoms with E-state index in [0.29, 0.717) is 16.7 Å². The Hall–Kier alpha value is -2.98. The van der Waals surface area contributed by atoms with E-state index in [2.05, 4.69) is 10.6 Å². The Labute approximate surface area is 184 Å². The highest BCUT2D eigenvalue weighted by Gasteiger charge is 2.34. The first kappa shape index (κ1) is 24.3. The number of hydrogen-bond donors (Lipinski definition) is 3. The van der Waals surface area contributed by atoms with Crippen molar-refractivity contribution in [2.45, 2.75) is 23.2 Å². The van der Waals surface area contributed by atoms with E-state index >= 15 is 0 Å². The third-order valence-corrected chi connectivity index (χ3v) is 5.07. The van der Waals surface area contributed by atoms with Gasteiger partial charge < -0.3 is 15.7 Å². The van der Waals surface area contributed by atoms with Crippen LogP contribution in [0.2, 0.25) is 5.02 Å². The number of carboxylic acids is 1. The quantitative estimate of drug-likeness (QED) is 0.387. The van der Waals surface area contributed by atoms with Crippen LogP contribution in [0.25, 0.3) is 0 Å². The topological polar surface area (TPSA) is 95.5 Å². The van der Waals surface area contributed by atoms with Crippen LogP contribution in [0.4, 0.5) is 24.5 Å². The molecule has 6 nitrogen and oxygen atoms in total. The van der Waals surface area contributed by atoms with Crippen molar-refractivity contribution in [3.63, 3.8) is 0 Å². The van der Waals surface area contributed by atoms with Crippen LogP contribution in [0.5, 0.6) is 0 Å². The molecule has 164 valence electrons. The van der Waals surface area contributed by atoms with Crippen LogP contribution in [0.3, 0.4) is 0 Å². The molecule has 0 aliphatic rings. The summed E-state index contributed by atoms with van der Waals surface area (Å²) in [5.41, 5.74) is -1.03. The minimum Gasteiger partial charge on any atom is -0.478 e. The average Bonchev–Trinajstić information content (AvgIpc) is 2.68. The molecule has 11 heteroatoms. The second kappa shape index (κ2) is 10.4. The van der Waals surface area contributed by atoms with Gasteiger partial charge in [0.2, 0.25) is 11.8 Å². The maximum atomic E-state index is 13.2. The number of hydrogen-bond acceptors (Lipinski definition) is 4. The van der Waals surface area contributed by atoms with Crippen LogP contribution in [-0.2, 0) is 20.6 Å². The summed E-state index contributed by atoms with van der Waals surface area (Å²) in [5.74, 6) is -2.51. The molecule has 2 rings (SSSR count). The zero-order chi connectivity index (χ0) is 23.2. The van der Waals surface area contributed by atoms with Crippen molar-refractivity contribution in [1.29, 1.82) is 0 Å². The van der Waals surface area contributed by atoms with Gasteiger partial charge in [-0.2, -0.15) is 13.2 Å². The van der Waals surface area contributed by atoms with Gasteiger partial charge in [-0.25, -0.2) is 4.79 Å². The molecule has 2 amide bonds. The summed E-state index contributed by atoms with van der Waals surface area (Å²) in [6.45, 7) is 1.54. The largest absolute Gasteiger partial charge is 0.478 e. The molecular weight excluding hydrogens is 457 g/mol. The first-order valence-corrected chi connectivity index (χ1v) is 9.88. The predicted octanol–water partition coefficient (Wildman–Crippen LogP) is 5.06. The SMILES string of the molecule is CC(Sc1ccc(NC(=O)/C=C/C(=O)O)cc1)C(=O)Nc1ccc(Cl)cc1C(F)(F)F. The normalized spacial score (nSPS) is 12.4. The summed E-state index contributed by atoms with van der Waals surface area (Å²) in [5, 5.41) is 12.4. The summed E-state index contributed by atoms with van der Waals surface area (Å²) in [6, 6.07) is 9.39. The van der Waals surface area contributed by atoms with E-state index in [1.165, 1.54) is 13.0 Å². The van der Waals surface area contributed by atoms with Gasteiger partial charge in [0.1, 0.15) is 0 Å². The smallest absolute Gasteiger partial charge is 0.418 e. The minimum absolute atomic E-state index is 0.0987. The summed E-state index contributed by atoms with van der Waals surface area (Å²) < 4.78 is 39.5. The third kappa shape index (κ3) is 7.65. The number of thioether (sulfide) groups is 1. The number of aliphatic carboxylic acids is 1. The molecule has 0 aliphatic carbocycles. The van der Waals surface area contributed by atoms with Gasteiger partial charge in [0.25, 0.3) is 0 Å². The van der Waals surface area contributed by atoms with Gasteiger partial charge in [-0.15, -0.1) is 11.8 Å². The maximum absolute atomic E-state index is 13.2. The number of carbonyl (C=O) groups is 3. The molecule has 0 radical (unpaired) electrons. The molecule has 0 fully saturated rings. The van der Waals surface area contributed by atoms with Crippen LogP contribution >= 0.6 is 23.4 Å². The molecule has 1 unspecified atom stereocenters. The van der Waals surface area contributed by atoms with Gasteiger partial charge in [0.15, 0.2) is 0 Å². The minimum atomic E-state index is -4.68. The standard InChI is InChI=1S/C20H16ClF3N2O4S/c1-11(19(30)26-16-7-2-12(21)10-15(16)20(22,23)24)31-14-5-3-13(4-6-14)25-17(27)8-9-18(28)29/h2-11H,1H3,(H,25,27)(H,26,30)(H,28,29)/b9-8+. The number of amides is 2. The zero-order valence-corrected chi connectivity index (χ0v) is 17.4. The summed E-state index contributed by atoms with van der Waals surface area (Å²) in [6.07, 6.45) is -3.11. The first-order valence-electron chi connectivity index (χ1n) is 8.62. The van der Waals surface area contributed by atoms with E-state index < -0.39 is 34.8 Å². The van der Waals surface area contributed by atoms with Crippen LogP contribution < -0.4 is 10.6 Å². The van der Waals surface area contributed by atoms with E-state index in [1.54, 1.807) is 24.3 Å². The number of carbonyl (C=O) groups excluding carboxylic acids is 2. The van der Waals surface area contributed by atoms with Crippen molar-refractivity contribution >= 4 is 52.5 Å². The van der Waals surface area contributed by atoms with E-state index in [4.69, 9.17) is 16.7 Å². The first-order chi connectivity index (χ1) is 14.5. The Bertz CT molecular complexity index is 1010. The van der Waals surface area contributed by atoms with Gasteiger partial charge in [0.05, 0.1) is 16.5 Å². The number of nitrogens with one attached hydrogen (secondary N) is 2. The lowest BCUT2D eigenvalue weighted by molar-refractivity contribution is -0.137. The Morgan fingerprint density at radius 1 is 1.06 bits per heavy atom. The molecule has 2 aromatic rings. The highest BCUT2D eigenvalue weighted by molar-refractivity contribution is 8.00. The maximum Gasteiger partial charge on any atom is 0.418 e. The van der Waals surface area contributed by atoms with Crippen molar-refractivity contribution in [2.24, 2.45) is 0 Å². The van der Waals surface area contributed by atoms with Crippen molar-refractivity contribution in [1.82, 2.24) is 0 Å². The van der Waals surface area contributed by atoms with E-state index in [0.717, 1.165) is 30.0 Å². The molecule has 0 aliphatic heterocycles.